The Morgan fingerprint density at radius 3 is 2.23 bits per heavy atom. The zero-order chi connectivity index (χ0) is 28.6. The van der Waals surface area contributed by atoms with Gasteiger partial charge in [0, 0.05) is 12.1 Å². The lowest BCUT2D eigenvalue weighted by atomic mass is 9.99. The number of aliphatic imine (C=N–C) groups is 1. The van der Waals surface area contributed by atoms with Gasteiger partial charge < -0.3 is 4.74 Å². The summed E-state index contributed by atoms with van der Waals surface area (Å²) in [4.78, 5) is 23.1. The van der Waals surface area contributed by atoms with Crippen molar-refractivity contribution in [2.45, 2.75) is 44.4 Å². The third-order valence-electron chi connectivity index (χ3n) is 6.00. The fourth-order valence-electron chi connectivity index (χ4n) is 4.24. The molecule has 0 bridgehead atoms. The third-order valence-corrected chi connectivity index (χ3v) is 6.00. The van der Waals surface area contributed by atoms with Crippen LogP contribution >= 0.6 is 0 Å². The quantitative estimate of drug-likeness (QED) is 0.333. The molecule has 1 fully saturated rings. The Hall–Kier alpha value is -4.40. The number of hydrogen-bond donors (Lipinski definition) is 0. The molecule has 4 rings (SSSR count). The van der Waals surface area contributed by atoms with Crippen LogP contribution in [0, 0.1) is 11.3 Å². The Kier molecular flexibility index (Phi) is 7.12. The zero-order valence-corrected chi connectivity index (χ0v) is 20.5. The van der Waals surface area contributed by atoms with E-state index in [4.69, 9.17) is 5.26 Å². The van der Waals surface area contributed by atoms with Crippen LogP contribution in [-0.4, -0.2) is 23.0 Å². The Labute approximate surface area is 219 Å². The summed E-state index contributed by atoms with van der Waals surface area (Å²) in [5.74, 6) is -1.07. The van der Waals surface area contributed by atoms with Gasteiger partial charge in [-0.15, -0.1) is 13.2 Å². The molecule has 0 N–H and O–H groups in total. The van der Waals surface area contributed by atoms with Crippen molar-refractivity contribution in [2.75, 3.05) is 4.90 Å². The first-order chi connectivity index (χ1) is 18.2. The number of hydrogen-bond acceptors (Lipinski definition) is 5. The Morgan fingerprint density at radius 2 is 1.62 bits per heavy atom. The van der Waals surface area contributed by atoms with Gasteiger partial charge in [0.25, 0.3) is 5.91 Å². The van der Waals surface area contributed by atoms with E-state index in [1.165, 1.54) is 67.3 Å². The highest BCUT2D eigenvalue weighted by atomic mass is 19.4. The molecular formula is C27H20F6N4O2. The number of aromatic nitrogens is 1. The van der Waals surface area contributed by atoms with Gasteiger partial charge in [-0.2, -0.15) is 18.4 Å². The van der Waals surface area contributed by atoms with E-state index in [0.717, 1.165) is 18.2 Å². The molecule has 0 unspecified atom stereocenters. The van der Waals surface area contributed by atoms with Crippen LogP contribution in [0.15, 0.2) is 71.7 Å². The fourth-order valence-corrected chi connectivity index (χ4v) is 4.24. The first-order valence-electron chi connectivity index (χ1n) is 11.5. The van der Waals surface area contributed by atoms with Crippen molar-refractivity contribution < 1.29 is 35.9 Å². The zero-order valence-electron chi connectivity index (χ0n) is 20.5. The number of ether oxygens (including phenoxy) is 1. The number of benzene rings is 2. The molecule has 0 saturated carbocycles. The van der Waals surface area contributed by atoms with Gasteiger partial charge in [0.15, 0.2) is 0 Å². The van der Waals surface area contributed by atoms with Crippen molar-refractivity contribution in [3.8, 4) is 11.8 Å². The monoisotopic (exact) mass is 546 g/mol. The van der Waals surface area contributed by atoms with E-state index < -0.39 is 41.5 Å². The van der Waals surface area contributed by atoms with Crippen molar-refractivity contribution in [1.29, 1.82) is 5.26 Å². The van der Waals surface area contributed by atoms with Crippen LogP contribution in [0.5, 0.6) is 5.75 Å². The van der Waals surface area contributed by atoms with Crippen LogP contribution in [0.4, 0.5) is 32.0 Å². The van der Waals surface area contributed by atoms with Gasteiger partial charge in [0.1, 0.15) is 17.2 Å². The molecule has 12 heteroatoms. The number of amides is 1. The predicted octanol–water partition coefficient (Wildman–Crippen LogP) is 6.72. The molecule has 0 aliphatic carbocycles. The van der Waals surface area contributed by atoms with Crippen molar-refractivity contribution in [2.24, 2.45) is 4.99 Å². The SMILES string of the molecule is CC(C)(N=C1C[C@H](c2cccc(OC(F)(F)F)c2)N(c2ccc(C#N)cc2)C1=O)c1cccc(C(F)(F)F)n1. The standard InChI is InChI=1S/C27H20F6N4O2/c1-25(2,22-7-4-8-23(35-22)26(28,29)30)36-20-14-21(17-5-3-6-19(13-17)39-27(31,32)33)37(24(20)38)18-11-9-16(15-34)10-12-18/h3-13,21H,14H2,1-2H3/t21-/m1/s1. The molecule has 1 saturated heterocycles. The molecular weight excluding hydrogens is 526 g/mol. The van der Waals surface area contributed by atoms with Gasteiger partial charge in [-0.05, 0) is 67.9 Å². The molecule has 1 amide bonds. The second kappa shape index (κ2) is 10.1. The number of carbonyl (C=O) groups excluding carboxylic acids is 1. The summed E-state index contributed by atoms with van der Waals surface area (Å²) in [5, 5.41) is 9.12. The van der Waals surface area contributed by atoms with Gasteiger partial charge in [0.2, 0.25) is 0 Å². The number of rotatable bonds is 5. The molecule has 2 aromatic carbocycles. The molecule has 1 aromatic heterocycles. The highest BCUT2D eigenvalue weighted by molar-refractivity contribution is 6.46. The molecule has 6 nitrogen and oxygen atoms in total. The van der Waals surface area contributed by atoms with Gasteiger partial charge in [-0.1, -0.05) is 18.2 Å². The van der Waals surface area contributed by atoms with Crippen LogP contribution in [0.1, 0.15) is 48.8 Å². The minimum Gasteiger partial charge on any atom is -0.406 e. The molecule has 0 spiro atoms. The van der Waals surface area contributed by atoms with Gasteiger partial charge >= 0.3 is 12.5 Å². The molecule has 1 atom stereocenters. The van der Waals surface area contributed by atoms with Gasteiger partial charge in [0.05, 0.1) is 28.9 Å². The molecule has 202 valence electrons. The summed E-state index contributed by atoms with van der Waals surface area (Å²) in [6.07, 6.45) is -9.66. The number of halogens is 6. The normalized spacial score (nSPS) is 17.4. The Morgan fingerprint density at radius 1 is 0.974 bits per heavy atom. The van der Waals surface area contributed by atoms with E-state index in [1.54, 1.807) is 0 Å². The number of nitriles is 1. The molecule has 39 heavy (non-hydrogen) atoms. The van der Waals surface area contributed by atoms with Crippen molar-refractivity contribution in [3.63, 3.8) is 0 Å². The van der Waals surface area contributed by atoms with Gasteiger partial charge in [-0.3, -0.25) is 14.7 Å². The number of nitrogens with zero attached hydrogens (tertiary/aromatic N) is 4. The summed E-state index contributed by atoms with van der Waals surface area (Å²) in [6.45, 7) is 3.01. The van der Waals surface area contributed by atoms with E-state index in [-0.39, 0.29) is 17.8 Å². The number of carbonyl (C=O) groups is 1. The van der Waals surface area contributed by atoms with Crippen LogP contribution < -0.4 is 9.64 Å². The maximum absolute atomic E-state index is 13.6. The molecule has 2 heterocycles. The van der Waals surface area contributed by atoms with Crippen LogP contribution in [0.2, 0.25) is 0 Å². The van der Waals surface area contributed by atoms with Gasteiger partial charge in [-0.25, -0.2) is 4.98 Å². The average molecular weight is 546 g/mol. The summed E-state index contributed by atoms with van der Waals surface area (Å²) >= 11 is 0. The smallest absolute Gasteiger partial charge is 0.406 e. The van der Waals surface area contributed by atoms with Crippen molar-refractivity contribution in [1.82, 2.24) is 4.98 Å². The summed E-state index contributed by atoms with van der Waals surface area (Å²) in [7, 11) is 0. The first kappa shape index (κ1) is 27.6. The van der Waals surface area contributed by atoms with Crippen LogP contribution in [0.3, 0.4) is 0 Å². The predicted molar refractivity (Wildman–Crippen MR) is 129 cm³/mol. The lowest BCUT2D eigenvalue weighted by molar-refractivity contribution is -0.274. The summed E-state index contributed by atoms with van der Waals surface area (Å²) in [6, 6.07) is 15.7. The summed E-state index contributed by atoms with van der Waals surface area (Å²) < 4.78 is 82.2. The van der Waals surface area contributed by atoms with E-state index in [1.807, 2.05) is 6.07 Å². The lowest BCUT2D eigenvalue weighted by Gasteiger charge is -2.25. The molecule has 3 aromatic rings. The molecule has 0 radical (unpaired) electrons. The molecule has 1 aliphatic heterocycles. The van der Waals surface area contributed by atoms with E-state index in [0.29, 0.717) is 16.8 Å². The topological polar surface area (TPSA) is 78.6 Å². The van der Waals surface area contributed by atoms with Crippen LogP contribution in [-0.2, 0) is 16.5 Å². The maximum atomic E-state index is 13.6. The van der Waals surface area contributed by atoms with Crippen molar-refractivity contribution >= 4 is 17.3 Å². The second-order valence-electron chi connectivity index (χ2n) is 9.20. The van der Waals surface area contributed by atoms with Crippen molar-refractivity contribution in [3.05, 3.63) is 89.2 Å². The van der Waals surface area contributed by atoms with E-state index in [9.17, 15) is 31.1 Å². The third kappa shape index (κ3) is 6.19. The van der Waals surface area contributed by atoms with E-state index >= 15 is 0 Å². The average Bonchev–Trinajstić information content (AvgIpc) is 3.18. The highest BCUT2D eigenvalue weighted by Crippen LogP contribution is 2.39. The largest absolute Gasteiger partial charge is 0.573 e. The lowest BCUT2D eigenvalue weighted by Crippen LogP contribution is -2.30. The maximum Gasteiger partial charge on any atom is 0.573 e. The Balaban J connectivity index is 1.77. The number of pyridine rings is 1. The van der Waals surface area contributed by atoms with Crippen LogP contribution in [0.25, 0.3) is 0 Å². The Bertz CT molecular complexity index is 1460. The highest BCUT2D eigenvalue weighted by Gasteiger charge is 2.41. The first-order valence-corrected chi connectivity index (χ1v) is 11.5. The fraction of sp³-hybridized carbons (Fsp3) is 0.259. The summed E-state index contributed by atoms with van der Waals surface area (Å²) in [5.41, 5.74) is -1.49. The number of alkyl halides is 6. The molecule has 1 aliphatic rings. The minimum atomic E-state index is -4.93. The second-order valence-corrected chi connectivity index (χ2v) is 9.20. The minimum absolute atomic E-state index is 0.00397. The number of anilines is 1. The van der Waals surface area contributed by atoms with E-state index in [2.05, 4.69) is 14.7 Å².